The van der Waals surface area contributed by atoms with E-state index in [4.69, 9.17) is 14.5 Å². The number of benzene rings is 1. The minimum Gasteiger partial charge on any atom is -0.379 e. The van der Waals surface area contributed by atoms with E-state index >= 15 is 0 Å². The van der Waals surface area contributed by atoms with Crippen LogP contribution in [-0.2, 0) is 9.47 Å². The first kappa shape index (κ1) is 16.4. The van der Waals surface area contributed by atoms with Crippen LogP contribution in [0.5, 0.6) is 0 Å². The second-order valence-corrected chi connectivity index (χ2v) is 6.59. The van der Waals surface area contributed by atoms with Gasteiger partial charge in [0, 0.05) is 30.4 Å². The Morgan fingerprint density at radius 2 is 1.84 bits per heavy atom. The zero-order valence-corrected chi connectivity index (χ0v) is 14.5. The second-order valence-electron chi connectivity index (χ2n) is 6.59. The van der Waals surface area contributed by atoms with E-state index in [0.29, 0.717) is 12.6 Å². The van der Waals surface area contributed by atoms with Gasteiger partial charge < -0.3 is 14.8 Å². The number of nitrogens with one attached hydrogen (secondary N) is 1. The van der Waals surface area contributed by atoms with E-state index in [-0.39, 0.29) is 6.04 Å². The van der Waals surface area contributed by atoms with Crippen molar-refractivity contribution in [2.24, 2.45) is 0 Å². The molecule has 0 saturated carbocycles. The fourth-order valence-corrected chi connectivity index (χ4v) is 3.50. The molecule has 132 valence electrons. The Bertz CT molecular complexity index is 704. The van der Waals surface area contributed by atoms with Crippen LogP contribution in [0.25, 0.3) is 11.4 Å². The molecule has 4 rings (SSSR count). The van der Waals surface area contributed by atoms with Gasteiger partial charge in [-0.2, -0.15) is 0 Å². The lowest BCUT2D eigenvalue weighted by atomic mass is 10.1. The molecule has 0 bridgehead atoms. The van der Waals surface area contributed by atoms with Crippen LogP contribution in [0.3, 0.4) is 0 Å². The zero-order chi connectivity index (χ0) is 17.1. The van der Waals surface area contributed by atoms with E-state index in [0.717, 1.165) is 55.8 Å². The van der Waals surface area contributed by atoms with E-state index in [1.807, 2.05) is 43.3 Å². The maximum Gasteiger partial charge on any atom is 0.161 e. The standard InChI is InChI=1S/C19H24N4O2/c1-14-11-18(22-19(20-14)15-5-3-2-4-6-15)21-16-12-25-13-17(16)23-7-9-24-10-8-23/h2-6,11,16-17H,7-10,12-13H2,1H3,(H,20,21,22)/t16-,17-/m0/s1. The summed E-state index contributed by atoms with van der Waals surface area (Å²) in [7, 11) is 0. The highest BCUT2D eigenvalue weighted by Crippen LogP contribution is 2.21. The molecule has 0 radical (unpaired) electrons. The Hall–Kier alpha value is -2.02. The molecule has 1 N–H and O–H groups in total. The monoisotopic (exact) mass is 340 g/mol. The molecule has 2 fully saturated rings. The molecular formula is C19H24N4O2. The lowest BCUT2D eigenvalue weighted by molar-refractivity contribution is 0.0130. The molecule has 6 heteroatoms. The van der Waals surface area contributed by atoms with Crippen LogP contribution >= 0.6 is 0 Å². The Morgan fingerprint density at radius 3 is 2.64 bits per heavy atom. The lowest BCUT2D eigenvalue weighted by Gasteiger charge is -2.34. The van der Waals surface area contributed by atoms with Crippen molar-refractivity contribution in [3.63, 3.8) is 0 Å². The van der Waals surface area contributed by atoms with Crippen molar-refractivity contribution in [2.45, 2.75) is 19.0 Å². The third kappa shape index (κ3) is 3.81. The predicted octanol–water partition coefficient (Wildman–Crippen LogP) is 1.96. The molecule has 1 aromatic carbocycles. The summed E-state index contributed by atoms with van der Waals surface area (Å²) < 4.78 is 11.2. The van der Waals surface area contributed by atoms with Crippen molar-refractivity contribution < 1.29 is 9.47 Å². The SMILES string of the molecule is Cc1cc(N[C@H]2COC[C@@H]2N2CCOCC2)nc(-c2ccccc2)n1. The first-order valence-electron chi connectivity index (χ1n) is 8.87. The molecule has 2 aliphatic rings. The van der Waals surface area contributed by atoms with Crippen molar-refractivity contribution in [1.29, 1.82) is 0 Å². The minimum atomic E-state index is 0.232. The third-order valence-corrected chi connectivity index (χ3v) is 4.78. The highest BCUT2D eigenvalue weighted by atomic mass is 16.5. The normalized spacial score (nSPS) is 24.4. The highest BCUT2D eigenvalue weighted by molar-refractivity contribution is 5.57. The fourth-order valence-electron chi connectivity index (χ4n) is 3.50. The summed E-state index contributed by atoms with van der Waals surface area (Å²) in [5.41, 5.74) is 1.99. The molecule has 0 aliphatic carbocycles. The number of nitrogens with zero attached hydrogens (tertiary/aromatic N) is 3. The molecule has 2 aliphatic heterocycles. The fraction of sp³-hybridized carbons (Fsp3) is 0.474. The van der Waals surface area contributed by atoms with Gasteiger partial charge in [0.1, 0.15) is 5.82 Å². The molecule has 0 spiro atoms. The summed E-state index contributed by atoms with van der Waals surface area (Å²) in [6.45, 7) is 6.99. The average molecular weight is 340 g/mol. The van der Waals surface area contributed by atoms with E-state index in [9.17, 15) is 0 Å². The van der Waals surface area contributed by atoms with Crippen LogP contribution in [0.15, 0.2) is 36.4 Å². The summed E-state index contributed by atoms with van der Waals surface area (Å²) in [5, 5.41) is 3.58. The van der Waals surface area contributed by atoms with Gasteiger partial charge in [-0.1, -0.05) is 30.3 Å². The van der Waals surface area contributed by atoms with Gasteiger partial charge in [0.15, 0.2) is 5.82 Å². The second kappa shape index (κ2) is 7.47. The number of ether oxygens (including phenoxy) is 2. The minimum absolute atomic E-state index is 0.232. The van der Waals surface area contributed by atoms with Gasteiger partial charge in [-0.15, -0.1) is 0 Å². The maximum atomic E-state index is 5.75. The van der Waals surface area contributed by atoms with E-state index < -0.39 is 0 Å². The Morgan fingerprint density at radius 1 is 1.04 bits per heavy atom. The Balaban J connectivity index is 1.52. The topological polar surface area (TPSA) is 59.5 Å². The van der Waals surface area contributed by atoms with Gasteiger partial charge >= 0.3 is 0 Å². The molecule has 25 heavy (non-hydrogen) atoms. The summed E-state index contributed by atoms with van der Waals surface area (Å²) in [6, 6.07) is 12.7. The summed E-state index contributed by atoms with van der Waals surface area (Å²) in [6.07, 6.45) is 0. The number of anilines is 1. The van der Waals surface area contributed by atoms with E-state index in [1.165, 1.54) is 0 Å². The molecule has 6 nitrogen and oxygen atoms in total. The number of aromatic nitrogens is 2. The van der Waals surface area contributed by atoms with Gasteiger partial charge in [0.25, 0.3) is 0 Å². The summed E-state index contributed by atoms with van der Waals surface area (Å²) >= 11 is 0. The van der Waals surface area contributed by atoms with Crippen molar-refractivity contribution in [2.75, 3.05) is 44.8 Å². The Labute approximate surface area is 148 Å². The molecule has 2 aromatic rings. The summed E-state index contributed by atoms with van der Waals surface area (Å²) in [4.78, 5) is 11.8. The molecular weight excluding hydrogens is 316 g/mol. The Kier molecular flexibility index (Phi) is 4.92. The molecule has 1 aromatic heterocycles. The van der Waals surface area contributed by atoms with Crippen molar-refractivity contribution in [1.82, 2.24) is 14.9 Å². The number of hydrogen-bond donors (Lipinski definition) is 1. The van der Waals surface area contributed by atoms with Gasteiger partial charge in [-0.3, -0.25) is 4.90 Å². The zero-order valence-electron chi connectivity index (χ0n) is 14.5. The first-order valence-corrected chi connectivity index (χ1v) is 8.87. The molecule has 3 heterocycles. The van der Waals surface area contributed by atoms with Gasteiger partial charge in [0.2, 0.25) is 0 Å². The largest absolute Gasteiger partial charge is 0.379 e. The quantitative estimate of drug-likeness (QED) is 0.918. The van der Waals surface area contributed by atoms with Gasteiger partial charge in [0.05, 0.1) is 38.5 Å². The molecule has 2 saturated heterocycles. The molecule has 0 unspecified atom stereocenters. The highest BCUT2D eigenvalue weighted by Gasteiger charge is 2.34. The van der Waals surface area contributed by atoms with Gasteiger partial charge in [-0.25, -0.2) is 9.97 Å². The number of aryl methyl sites for hydroxylation is 1. The van der Waals surface area contributed by atoms with Crippen molar-refractivity contribution in [3.05, 3.63) is 42.1 Å². The van der Waals surface area contributed by atoms with Crippen LogP contribution in [-0.4, -0.2) is 66.5 Å². The van der Waals surface area contributed by atoms with E-state index in [2.05, 4.69) is 15.2 Å². The van der Waals surface area contributed by atoms with Gasteiger partial charge in [-0.05, 0) is 6.92 Å². The first-order chi connectivity index (χ1) is 12.3. The molecule has 0 amide bonds. The van der Waals surface area contributed by atoms with Crippen LogP contribution < -0.4 is 5.32 Å². The van der Waals surface area contributed by atoms with E-state index in [1.54, 1.807) is 0 Å². The maximum absolute atomic E-state index is 5.75. The summed E-state index contributed by atoms with van der Waals surface area (Å²) in [5.74, 6) is 1.62. The van der Waals surface area contributed by atoms with Crippen LogP contribution in [0.1, 0.15) is 5.69 Å². The van der Waals surface area contributed by atoms with Crippen molar-refractivity contribution >= 4 is 5.82 Å². The third-order valence-electron chi connectivity index (χ3n) is 4.78. The van der Waals surface area contributed by atoms with Crippen LogP contribution in [0.4, 0.5) is 5.82 Å². The smallest absolute Gasteiger partial charge is 0.161 e. The predicted molar refractivity (Wildman–Crippen MR) is 96.6 cm³/mol. The number of hydrogen-bond acceptors (Lipinski definition) is 6. The number of morpholine rings is 1. The molecule has 2 atom stereocenters. The lowest BCUT2D eigenvalue weighted by Crippen LogP contribution is -2.50. The number of rotatable bonds is 4. The van der Waals surface area contributed by atoms with Crippen LogP contribution in [0.2, 0.25) is 0 Å². The van der Waals surface area contributed by atoms with Crippen LogP contribution in [0, 0.1) is 6.92 Å². The average Bonchev–Trinajstić information content (AvgIpc) is 3.11. The van der Waals surface area contributed by atoms with Crippen molar-refractivity contribution in [3.8, 4) is 11.4 Å².